The first-order chi connectivity index (χ1) is 21.1. The Bertz CT molecular complexity index is 715. The van der Waals surface area contributed by atoms with Gasteiger partial charge in [0.15, 0.2) is 0 Å². The van der Waals surface area contributed by atoms with Crippen LogP contribution in [0.5, 0.6) is 0 Å². The van der Waals surface area contributed by atoms with Crippen LogP contribution in [0.4, 0.5) is 0 Å². The summed E-state index contributed by atoms with van der Waals surface area (Å²) in [6, 6.07) is -0.820. The predicted octanol–water partition coefficient (Wildman–Crippen LogP) is 9.42. The molecule has 5 nitrogen and oxygen atoms in total. The van der Waals surface area contributed by atoms with E-state index in [9.17, 15) is 20.1 Å². The van der Waals surface area contributed by atoms with E-state index in [1.807, 2.05) is 6.08 Å². The molecule has 0 saturated heterocycles. The monoisotopic (exact) mass is 604 g/mol. The van der Waals surface area contributed by atoms with E-state index in [0.717, 1.165) is 64.2 Å². The quantitative estimate of drug-likeness (QED) is 0.0361. The molecule has 0 aromatic heterocycles. The minimum Gasteiger partial charge on any atom is -0.394 e. The predicted molar refractivity (Wildman–Crippen MR) is 185 cm³/mol. The summed E-state index contributed by atoms with van der Waals surface area (Å²) in [5.74, 6) is -0.529. The first-order valence-corrected chi connectivity index (χ1v) is 18.0. The Balaban J connectivity index is 3.86. The number of aliphatic hydroxyl groups is 3. The van der Waals surface area contributed by atoms with Crippen LogP contribution in [0, 0.1) is 0 Å². The van der Waals surface area contributed by atoms with E-state index in [1.165, 1.54) is 77.0 Å². The number of unbranched alkanes of at least 4 members (excludes halogenated alkanes) is 18. The van der Waals surface area contributed by atoms with Gasteiger partial charge < -0.3 is 20.6 Å². The van der Waals surface area contributed by atoms with E-state index in [-0.39, 0.29) is 6.61 Å². The summed E-state index contributed by atoms with van der Waals surface area (Å²) >= 11 is 0. The van der Waals surface area contributed by atoms with Crippen molar-refractivity contribution >= 4 is 5.91 Å². The third kappa shape index (κ3) is 28.8. The van der Waals surface area contributed by atoms with Crippen molar-refractivity contribution in [3.8, 4) is 0 Å². The van der Waals surface area contributed by atoms with E-state index in [2.05, 4.69) is 55.6 Å². The number of carbonyl (C=O) groups is 1. The number of aliphatic hydroxyl groups excluding tert-OH is 3. The molecule has 0 aliphatic rings. The highest BCUT2D eigenvalue weighted by molar-refractivity contribution is 5.80. The van der Waals surface area contributed by atoms with Crippen LogP contribution in [0.25, 0.3) is 0 Å². The Morgan fingerprint density at radius 1 is 0.581 bits per heavy atom. The first kappa shape index (κ1) is 41.3. The summed E-state index contributed by atoms with van der Waals surface area (Å²) in [6.07, 6.45) is 41.2. The van der Waals surface area contributed by atoms with E-state index in [1.54, 1.807) is 6.08 Å². The maximum absolute atomic E-state index is 12.4. The van der Waals surface area contributed by atoms with Gasteiger partial charge in [-0.25, -0.2) is 0 Å². The summed E-state index contributed by atoms with van der Waals surface area (Å²) < 4.78 is 0. The summed E-state index contributed by atoms with van der Waals surface area (Å²) in [5, 5.41) is 32.9. The number of amides is 1. The molecule has 0 aliphatic heterocycles. The molecule has 0 fully saturated rings. The SMILES string of the molecule is CCCCC/C=C\C=C/CCCCCCCC(O)C(=O)NC(CO)C(O)/C=C/CC/C=C/CCCCCCCCCCC. The largest absolute Gasteiger partial charge is 0.394 e. The summed E-state index contributed by atoms with van der Waals surface area (Å²) in [5.41, 5.74) is 0. The molecule has 5 heteroatoms. The second kappa shape index (κ2) is 33.2. The van der Waals surface area contributed by atoms with Crippen molar-refractivity contribution < 1.29 is 20.1 Å². The van der Waals surface area contributed by atoms with Crippen LogP contribution in [-0.4, -0.2) is 46.1 Å². The molecule has 3 atom stereocenters. The van der Waals surface area contributed by atoms with Gasteiger partial charge in [-0.15, -0.1) is 0 Å². The molecule has 0 bridgehead atoms. The lowest BCUT2D eigenvalue weighted by atomic mass is 10.1. The third-order valence-electron chi connectivity index (χ3n) is 7.92. The Hall–Kier alpha value is -1.69. The molecule has 0 saturated carbocycles. The first-order valence-electron chi connectivity index (χ1n) is 18.0. The number of allylic oxidation sites excluding steroid dienone is 7. The zero-order valence-corrected chi connectivity index (χ0v) is 28.1. The number of hydrogen-bond donors (Lipinski definition) is 4. The van der Waals surface area contributed by atoms with E-state index in [4.69, 9.17) is 0 Å². The second-order valence-corrected chi connectivity index (χ2v) is 12.1. The Morgan fingerprint density at radius 3 is 1.60 bits per heavy atom. The number of carbonyl (C=O) groups excluding carboxylic acids is 1. The molecule has 43 heavy (non-hydrogen) atoms. The maximum atomic E-state index is 12.4. The zero-order chi connectivity index (χ0) is 31.6. The minimum absolute atomic E-state index is 0.383. The van der Waals surface area contributed by atoms with Crippen LogP contribution in [-0.2, 0) is 4.79 Å². The number of rotatable bonds is 31. The van der Waals surface area contributed by atoms with Gasteiger partial charge in [-0.2, -0.15) is 0 Å². The van der Waals surface area contributed by atoms with Crippen LogP contribution in [0.15, 0.2) is 48.6 Å². The Kier molecular flexibility index (Phi) is 31.9. The highest BCUT2D eigenvalue weighted by Gasteiger charge is 2.22. The summed E-state index contributed by atoms with van der Waals surface area (Å²) in [7, 11) is 0. The maximum Gasteiger partial charge on any atom is 0.249 e. The van der Waals surface area contributed by atoms with Gasteiger partial charge in [-0.05, 0) is 57.8 Å². The van der Waals surface area contributed by atoms with Crippen LogP contribution in [0.2, 0.25) is 0 Å². The number of hydrogen-bond acceptors (Lipinski definition) is 4. The van der Waals surface area contributed by atoms with Gasteiger partial charge in [0.2, 0.25) is 5.91 Å². The van der Waals surface area contributed by atoms with Gasteiger partial charge in [-0.3, -0.25) is 4.79 Å². The standard InChI is InChI=1S/C38H69NO4/c1-3-5-7-9-11-13-15-17-19-21-22-24-26-28-30-32-36(41)35(34-40)39-38(43)37(42)33-31-29-27-25-23-20-18-16-14-12-10-8-6-4-2/h12,14,16,18,22,24,30,32,35-37,40-42H,3-11,13,15,17,19-21,23,25-29,31,33-34H2,1-2H3,(H,39,43)/b14-12-,18-16-,24-22+,32-30+. The highest BCUT2D eigenvalue weighted by Crippen LogP contribution is 2.12. The van der Waals surface area contributed by atoms with Crippen molar-refractivity contribution in [2.24, 2.45) is 0 Å². The molecule has 0 radical (unpaired) electrons. The number of nitrogens with one attached hydrogen (secondary N) is 1. The van der Waals surface area contributed by atoms with Crippen LogP contribution in [0.1, 0.15) is 162 Å². The van der Waals surface area contributed by atoms with Crippen molar-refractivity contribution in [2.45, 2.75) is 180 Å². The molecule has 4 N–H and O–H groups in total. The van der Waals surface area contributed by atoms with Crippen LogP contribution < -0.4 is 5.32 Å². The molecule has 3 unspecified atom stereocenters. The molecule has 0 heterocycles. The van der Waals surface area contributed by atoms with Crippen LogP contribution in [0.3, 0.4) is 0 Å². The van der Waals surface area contributed by atoms with Gasteiger partial charge in [0.1, 0.15) is 6.10 Å². The van der Waals surface area contributed by atoms with Crippen molar-refractivity contribution in [3.05, 3.63) is 48.6 Å². The molecular weight excluding hydrogens is 534 g/mol. The lowest BCUT2D eigenvalue weighted by molar-refractivity contribution is -0.131. The van der Waals surface area contributed by atoms with Crippen molar-refractivity contribution in [1.82, 2.24) is 5.32 Å². The van der Waals surface area contributed by atoms with Gasteiger partial charge in [-0.1, -0.05) is 152 Å². The lowest BCUT2D eigenvalue weighted by Crippen LogP contribution is -2.48. The lowest BCUT2D eigenvalue weighted by Gasteiger charge is -2.21. The third-order valence-corrected chi connectivity index (χ3v) is 7.92. The smallest absolute Gasteiger partial charge is 0.249 e. The molecule has 0 rings (SSSR count). The molecule has 0 aliphatic carbocycles. The zero-order valence-electron chi connectivity index (χ0n) is 28.1. The van der Waals surface area contributed by atoms with E-state index >= 15 is 0 Å². The van der Waals surface area contributed by atoms with E-state index < -0.39 is 24.2 Å². The van der Waals surface area contributed by atoms with Gasteiger partial charge >= 0.3 is 0 Å². The fourth-order valence-electron chi connectivity index (χ4n) is 5.01. The normalized spacial score (nSPS) is 14.4. The molecule has 250 valence electrons. The van der Waals surface area contributed by atoms with Crippen molar-refractivity contribution in [2.75, 3.05) is 6.61 Å². The highest BCUT2D eigenvalue weighted by atomic mass is 16.3. The minimum atomic E-state index is -1.12. The topological polar surface area (TPSA) is 89.8 Å². The molecule has 0 aromatic carbocycles. The molecular formula is C38H69NO4. The van der Waals surface area contributed by atoms with Gasteiger partial charge in [0.25, 0.3) is 0 Å². The van der Waals surface area contributed by atoms with Crippen molar-refractivity contribution in [3.63, 3.8) is 0 Å². The average molecular weight is 604 g/mol. The second-order valence-electron chi connectivity index (χ2n) is 12.1. The Morgan fingerprint density at radius 2 is 1.02 bits per heavy atom. The summed E-state index contributed by atoms with van der Waals surface area (Å²) in [4.78, 5) is 12.4. The van der Waals surface area contributed by atoms with Crippen molar-refractivity contribution in [1.29, 1.82) is 0 Å². The van der Waals surface area contributed by atoms with Crippen LogP contribution >= 0.6 is 0 Å². The molecule has 1 amide bonds. The van der Waals surface area contributed by atoms with E-state index in [0.29, 0.717) is 6.42 Å². The fourth-order valence-corrected chi connectivity index (χ4v) is 5.01. The molecule has 0 spiro atoms. The summed E-state index contributed by atoms with van der Waals surface area (Å²) in [6.45, 7) is 4.10. The average Bonchev–Trinajstić information content (AvgIpc) is 3.01. The molecule has 0 aromatic rings. The van der Waals surface area contributed by atoms with Gasteiger partial charge in [0.05, 0.1) is 18.8 Å². The Labute approximate surface area is 266 Å². The van der Waals surface area contributed by atoms with Gasteiger partial charge in [0, 0.05) is 0 Å². The fraction of sp³-hybridized carbons (Fsp3) is 0.763.